The van der Waals surface area contributed by atoms with Crippen LogP contribution in [0.5, 0.6) is 0 Å². The summed E-state index contributed by atoms with van der Waals surface area (Å²) in [6.07, 6.45) is 0. The molecule has 0 radical (unpaired) electrons. The van der Waals surface area contributed by atoms with E-state index in [2.05, 4.69) is 4.98 Å². The van der Waals surface area contributed by atoms with Gasteiger partial charge in [-0.25, -0.2) is 13.6 Å². The molecule has 0 bridgehead atoms. The van der Waals surface area contributed by atoms with Gasteiger partial charge in [-0.05, 0) is 49.4 Å². The Morgan fingerprint density at radius 2 is 1.85 bits per heavy atom. The monoisotopic (exact) mass is 375 g/mol. The van der Waals surface area contributed by atoms with Gasteiger partial charge in [-0.3, -0.25) is 9.78 Å². The molecule has 0 fully saturated rings. The van der Waals surface area contributed by atoms with Crippen LogP contribution in [0.15, 0.2) is 42.5 Å². The number of aryl methyl sites for hydroxylation is 1. The molecule has 0 amide bonds. The number of carbonyl (C=O) groups is 2. The highest BCUT2D eigenvalue weighted by atomic mass is 35.5. The number of rotatable bonds is 4. The van der Waals surface area contributed by atoms with Crippen LogP contribution < -0.4 is 0 Å². The number of esters is 1. The van der Waals surface area contributed by atoms with Gasteiger partial charge < -0.3 is 4.74 Å². The molecule has 3 aromatic rings. The van der Waals surface area contributed by atoms with Crippen molar-refractivity contribution in [3.63, 3.8) is 0 Å². The lowest BCUT2D eigenvalue weighted by atomic mass is 10.1. The highest BCUT2D eigenvalue weighted by molar-refractivity contribution is 6.31. The minimum absolute atomic E-state index is 0.160. The minimum Gasteiger partial charge on any atom is -0.454 e. The highest BCUT2D eigenvalue weighted by Crippen LogP contribution is 2.21. The largest absolute Gasteiger partial charge is 0.454 e. The number of hydrogen-bond donors (Lipinski definition) is 0. The molecule has 2 aromatic carbocycles. The van der Waals surface area contributed by atoms with Crippen LogP contribution in [0, 0.1) is 18.6 Å². The molecule has 0 atom stereocenters. The molecule has 0 aliphatic rings. The molecule has 26 heavy (non-hydrogen) atoms. The van der Waals surface area contributed by atoms with Gasteiger partial charge in [-0.15, -0.1) is 0 Å². The summed E-state index contributed by atoms with van der Waals surface area (Å²) in [4.78, 5) is 28.5. The number of ether oxygens (including phenoxy) is 1. The van der Waals surface area contributed by atoms with E-state index in [0.29, 0.717) is 21.6 Å². The van der Waals surface area contributed by atoms with Crippen molar-refractivity contribution >= 4 is 34.3 Å². The summed E-state index contributed by atoms with van der Waals surface area (Å²) in [6.45, 7) is 0.908. The van der Waals surface area contributed by atoms with Gasteiger partial charge in [0.15, 0.2) is 6.61 Å². The van der Waals surface area contributed by atoms with E-state index < -0.39 is 35.6 Å². The van der Waals surface area contributed by atoms with E-state index in [0.717, 1.165) is 18.2 Å². The van der Waals surface area contributed by atoms with Crippen molar-refractivity contribution in [2.45, 2.75) is 6.92 Å². The summed E-state index contributed by atoms with van der Waals surface area (Å²) in [5, 5.41) is 1.12. The van der Waals surface area contributed by atoms with Crippen LogP contribution >= 0.6 is 11.6 Å². The first-order chi connectivity index (χ1) is 12.3. The zero-order chi connectivity index (χ0) is 18.8. The summed E-state index contributed by atoms with van der Waals surface area (Å²) in [5.41, 5.74) is 0.751. The zero-order valence-corrected chi connectivity index (χ0v) is 14.3. The third-order valence-corrected chi connectivity index (χ3v) is 3.99. The predicted molar refractivity (Wildman–Crippen MR) is 92.5 cm³/mol. The van der Waals surface area contributed by atoms with Gasteiger partial charge in [0.1, 0.15) is 11.6 Å². The average Bonchev–Trinajstić information content (AvgIpc) is 2.61. The van der Waals surface area contributed by atoms with Crippen LogP contribution in [-0.4, -0.2) is 23.3 Å². The number of benzene rings is 2. The minimum atomic E-state index is -0.884. The molecule has 132 valence electrons. The first-order valence-electron chi connectivity index (χ1n) is 7.57. The third-order valence-electron chi connectivity index (χ3n) is 3.75. The van der Waals surface area contributed by atoms with Crippen LogP contribution in [0.4, 0.5) is 8.78 Å². The molecule has 0 spiro atoms. The Morgan fingerprint density at radius 3 is 2.62 bits per heavy atom. The first kappa shape index (κ1) is 17.9. The number of ketones is 1. The van der Waals surface area contributed by atoms with Crippen molar-refractivity contribution in [2.24, 2.45) is 0 Å². The van der Waals surface area contributed by atoms with Gasteiger partial charge in [0.2, 0.25) is 5.78 Å². The van der Waals surface area contributed by atoms with Gasteiger partial charge in [0, 0.05) is 10.4 Å². The van der Waals surface area contributed by atoms with Gasteiger partial charge in [-0.2, -0.15) is 0 Å². The smallest absolute Gasteiger partial charge is 0.340 e. The van der Waals surface area contributed by atoms with E-state index in [-0.39, 0.29) is 5.56 Å². The third kappa shape index (κ3) is 3.70. The number of nitrogens with zero attached hydrogens (tertiary/aromatic N) is 1. The standard InChI is InChI=1S/C19H12ClF2NO3/c1-10-14(7-11-6-12(20)2-5-17(11)23-10)19(25)26-9-18(24)15-8-13(21)3-4-16(15)22/h2-8H,9H2,1H3. The molecule has 1 aromatic heterocycles. The van der Waals surface area contributed by atoms with Crippen molar-refractivity contribution in [2.75, 3.05) is 6.61 Å². The maximum Gasteiger partial charge on any atom is 0.340 e. The second-order valence-corrected chi connectivity index (χ2v) is 6.02. The fourth-order valence-corrected chi connectivity index (χ4v) is 2.63. The molecule has 0 aliphatic heterocycles. The number of fused-ring (bicyclic) bond motifs is 1. The number of aromatic nitrogens is 1. The van der Waals surface area contributed by atoms with Crippen LogP contribution in [0.2, 0.25) is 5.02 Å². The average molecular weight is 376 g/mol. The van der Waals surface area contributed by atoms with Gasteiger partial charge >= 0.3 is 5.97 Å². The lowest BCUT2D eigenvalue weighted by molar-refractivity contribution is 0.0472. The Kier molecular flexibility index (Phi) is 4.95. The lowest BCUT2D eigenvalue weighted by Crippen LogP contribution is -2.16. The summed E-state index contributed by atoms with van der Waals surface area (Å²) < 4.78 is 31.7. The van der Waals surface area contributed by atoms with Crippen LogP contribution in [0.1, 0.15) is 26.4 Å². The summed E-state index contributed by atoms with van der Waals surface area (Å²) >= 11 is 5.93. The molecule has 0 saturated heterocycles. The van der Waals surface area contributed by atoms with Crippen LogP contribution in [-0.2, 0) is 4.74 Å². The molecule has 0 aliphatic carbocycles. The second-order valence-electron chi connectivity index (χ2n) is 5.58. The Hall–Kier alpha value is -2.86. The number of hydrogen-bond acceptors (Lipinski definition) is 4. The van der Waals surface area contributed by atoms with Crippen LogP contribution in [0.25, 0.3) is 10.9 Å². The van der Waals surface area contributed by atoms with Crippen molar-refractivity contribution in [3.8, 4) is 0 Å². The fraction of sp³-hybridized carbons (Fsp3) is 0.105. The van der Waals surface area contributed by atoms with Crippen molar-refractivity contribution in [3.05, 3.63) is 75.9 Å². The van der Waals surface area contributed by atoms with E-state index >= 15 is 0 Å². The normalized spacial score (nSPS) is 10.8. The van der Waals surface area contributed by atoms with Crippen molar-refractivity contribution in [1.82, 2.24) is 4.98 Å². The first-order valence-corrected chi connectivity index (χ1v) is 7.95. The van der Waals surface area contributed by atoms with Crippen molar-refractivity contribution < 1.29 is 23.1 Å². The van der Waals surface area contributed by atoms with Gasteiger partial charge in [-0.1, -0.05) is 11.6 Å². The Labute approximate surface area is 152 Å². The lowest BCUT2D eigenvalue weighted by Gasteiger charge is -2.08. The van der Waals surface area contributed by atoms with E-state index in [4.69, 9.17) is 16.3 Å². The molecule has 0 unspecified atom stereocenters. The molecule has 1 heterocycles. The number of halogens is 3. The maximum atomic E-state index is 13.6. The molecule has 4 nitrogen and oxygen atoms in total. The van der Waals surface area contributed by atoms with Crippen LogP contribution in [0.3, 0.4) is 0 Å². The topological polar surface area (TPSA) is 56.3 Å². The molecule has 3 rings (SSSR count). The van der Waals surface area contributed by atoms with Gasteiger partial charge in [0.05, 0.1) is 22.3 Å². The molecule has 0 N–H and O–H groups in total. The zero-order valence-electron chi connectivity index (χ0n) is 13.6. The predicted octanol–water partition coefficient (Wildman–Crippen LogP) is 4.51. The quantitative estimate of drug-likeness (QED) is 0.497. The Bertz CT molecular complexity index is 1040. The second kappa shape index (κ2) is 7.17. The Balaban J connectivity index is 1.79. The summed E-state index contributed by atoms with van der Waals surface area (Å²) in [6, 6.07) is 9.10. The van der Waals surface area contributed by atoms with E-state index in [1.807, 2.05) is 0 Å². The SMILES string of the molecule is Cc1nc2ccc(Cl)cc2cc1C(=O)OCC(=O)c1cc(F)ccc1F. The number of pyridine rings is 1. The maximum absolute atomic E-state index is 13.6. The Morgan fingerprint density at radius 1 is 1.08 bits per heavy atom. The highest BCUT2D eigenvalue weighted by Gasteiger charge is 2.18. The summed E-state index contributed by atoms with van der Waals surface area (Å²) in [7, 11) is 0. The molecular formula is C19H12ClF2NO3. The molecule has 7 heteroatoms. The van der Waals surface area contributed by atoms with E-state index in [9.17, 15) is 18.4 Å². The summed E-state index contributed by atoms with van der Waals surface area (Å²) in [5.74, 6) is -3.27. The number of Topliss-reactive ketones (excluding diaryl/α,β-unsaturated/α-hetero) is 1. The fourth-order valence-electron chi connectivity index (χ4n) is 2.45. The van der Waals surface area contributed by atoms with E-state index in [1.54, 1.807) is 31.2 Å². The molecular weight excluding hydrogens is 364 g/mol. The van der Waals surface area contributed by atoms with Crippen molar-refractivity contribution in [1.29, 1.82) is 0 Å². The van der Waals surface area contributed by atoms with E-state index in [1.165, 1.54) is 0 Å². The number of carbonyl (C=O) groups excluding carboxylic acids is 2. The van der Waals surface area contributed by atoms with Gasteiger partial charge in [0.25, 0.3) is 0 Å². The molecule has 0 saturated carbocycles.